The van der Waals surface area contributed by atoms with Crippen LogP contribution < -0.4 is 5.32 Å². The second kappa shape index (κ2) is 7.22. The number of esters is 1. The van der Waals surface area contributed by atoms with Gasteiger partial charge in [0.15, 0.2) is 0 Å². The summed E-state index contributed by atoms with van der Waals surface area (Å²) in [5.41, 5.74) is 2.55. The molecule has 3 aromatic heterocycles. The number of nitrogens with one attached hydrogen (secondary N) is 1. The van der Waals surface area contributed by atoms with Crippen molar-refractivity contribution in [3.8, 4) is 11.3 Å². The van der Waals surface area contributed by atoms with Crippen LogP contribution in [0.4, 0.5) is 0 Å². The largest absolute Gasteiger partial charge is 0.469 e. The second-order valence-corrected chi connectivity index (χ2v) is 6.48. The zero-order valence-electron chi connectivity index (χ0n) is 15.9. The van der Waals surface area contributed by atoms with Crippen molar-refractivity contribution in [3.05, 3.63) is 34.9 Å². The van der Waals surface area contributed by atoms with Crippen LogP contribution in [-0.4, -0.2) is 35.2 Å². The number of methoxy groups -OCH3 is 1. The van der Waals surface area contributed by atoms with E-state index in [1.165, 1.54) is 7.11 Å². The van der Waals surface area contributed by atoms with Gasteiger partial charge in [0.1, 0.15) is 11.5 Å². The second-order valence-electron chi connectivity index (χ2n) is 6.48. The molecule has 0 radical (unpaired) electrons. The molecule has 1 unspecified atom stereocenters. The Bertz CT molecular complexity index is 1020. The smallest absolute Gasteiger partial charge is 0.307 e. The third-order valence-electron chi connectivity index (χ3n) is 4.26. The molecule has 0 bridgehead atoms. The molecular weight excluding hydrogens is 350 g/mol. The molecule has 0 saturated heterocycles. The summed E-state index contributed by atoms with van der Waals surface area (Å²) in [6.45, 7) is 7.15. The highest BCUT2D eigenvalue weighted by molar-refractivity contribution is 6.07. The summed E-state index contributed by atoms with van der Waals surface area (Å²) < 4.78 is 15.5. The number of rotatable bonds is 5. The first-order valence-electron chi connectivity index (χ1n) is 8.52. The number of carbonyl (C=O) groups excluding carboxylic acids is 2. The predicted octanol–water partition coefficient (Wildman–Crippen LogP) is 3.09. The number of hydrogen-bond donors (Lipinski definition) is 1. The van der Waals surface area contributed by atoms with Crippen LogP contribution in [0.3, 0.4) is 0 Å². The Kier molecular flexibility index (Phi) is 4.98. The lowest BCUT2D eigenvalue weighted by Gasteiger charge is -2.13. The Morgan fingerprint density at radius 2 is 2.00 bits per heavy atom. The van der Waals surface area contributed by atoms with Crippen molar-refractivity contribution in [1.29, 1.82) is 0 Å². The number of nitrogens with zero attached hydrogens (tertiary/aromatic N) is 2. The van der Waals surface area contributed by atoms with Crippen molar-refractivity contribution < 1.29 is 23.3 Å². The number of furan rings is 1. The van der Waals surface area contributed by atoms with Crippen LogP contribution in [0.5, 0.6) is 0 Å². The Labute approximate surface area is 155 Å². The average molecular weight is 371 g/mol. The quantitative estimate of drug-likeness (QED) is 0.687. The Morgan fingerprint density at radius 3 is 2.63 bits per heavy atom. The Hall–Kier alpha value is -3.16. The van der Waals surface area contributed by atoms with Crippen molar-refractivity contribution in [1.82, 2.24) is 15.5 Å². The van der Waals surface area contributed by atoms with Gasteiger partial charge in [-0.05, 0) is 39.8 Å². The summed E-state index contributed by atoms with van der Waals surface area (Å²) in [7, 11) is 1.31. The van der Waals surface area contributed by atoms with Gasteiger partial charge < -0.3 is 19.0 Å². The number of amides is 1. The summed E-state index contributed by atoms with van der Waals surface area (Å²) in [4.78, 5) is 28.8. The molecule has 142 valence electrons. The first kappa shape index (κ1) is 18.6. The van der Waals surface area contributed by atoms with Gasteiger partial charge in [-0.2, -0.15) is 0 Å². The van der Waals surface area contributed by atoms with Crippen LogP contribution in [0.15, 0.2) is 21.1 Å². The minimum absolute atomic E-state index is 0.0754. The third kappa shape index (κ3) is 3.69. The van der Waals surface area contributed by atoms with Crippen LogP contribution in [0.1, 0.15) is 40.9 Å². The normalized spacial score (nSPS) is 12.2. The lowest BCUT2D eigenvalue weighted by Crippen LogP contribution is -2.34. The Balaban J connectivity index is 2.02. The number of aryl methyl sites for hydroxylation is 3. The summed E-state index contributed by atoms with van der Waals surface area (Å²) >= 11 is 0. The van der Waals surface area contributed by atoms with E-state index in [4.69, 9.17) is 8.94 Å². The highest BCUT2D eigenvalue weighted by Gasteiger charge is 2.22. The zero-order valence-corrected chi connectivity index (χ0v) is 15.9. The fourth-order valence-electron chi connectivity index (χ4n) is 2.98. The van der Waals surface area contributed by atoms with Gasteiger partial charge in [0, 0.05) is 11.6 Å². The van der Waals surface area contributed by atoms with E-state index in [2.05, 4.69) is 20.2 Å². The van der Waals surface area contributed by atoms with Gasteiger partial charge in [-0.25, -0.2) is 4.98 Å². The maximum Gasteiger partial charge on any atom is 0.307 e. The molecule has 1 amide bonds. The minimum atomic E-state index is -0.394. The summed E-state index contributed by atoms with van der Waals surface area (Å²) in [6, 6.07) is 3.15. The van der Waals surface area contributed by atoms with Crippen molar-refractivity contribution in [2.45, 2.75) is 40.2 Å². The number of ether oxygens (including phenoxy) is 1. The van der Waals surface area contributed by atoms with Gasteiger partial charge >= 0.3 is 5.97 Å². The molecule has 0 aliphatic carbocycles. The van der Waals surface area contributed by atoms with Crippen LogP contribution in [0.25, 0.3) is 22.4 Å². The van der Waals surface area contributed by atoms with Crippen molar-refractivity contribution >= 4 is 23.0 Å². The van der Waals surface area contributed by atoms with E-state index >= 15 is 0 Å². The van der Waals surface area contributed by atoms with Crippen LogP contribution >= 0.6 is 0 Å². The van der Waals surface area contributed by atoms with Gasteiger partial charge in [-0.3, -0.25) is 9.59 Å². The molecule has 3 heterocycles. The highest BCUT2D eigenvalue weighted by Crippen LogP contribution is 2.30. The summed E-state index contributed by atoms with van der Waals surface area (Å²) in [5, 5.41) is 7.28. The van der Waals surface area contributed by atoms with Crippen molar-refractivity contribution in [3.63, 3.8) is 0 Å². The van der Waals surface area contributed by atoms with E-state index in [1.807, 2.05) is 19.9 Å². The number of fused-ring (bicyclic) bond motifs is 1. The lowest BCUT2D eigenvalue weighted by molar-refractivity contribution is -0.141. The molecule has 3 aromatic rings. The van der Waals surface area contributed by atoms with Gasteiger partial charge in [0.25, 0.3) is 11.6 Å². The third-order valence-corrected chi connectivity index (χ3v) is 4.26. The molecule has 1 N–H and O–H groups in total. The SMILES string of the molecule is COC(=O)CC(C)NC(=O)c1cc(-c2cc(C)oc2C)nc2onc(C)c12. The molecule has 0 aliphatic heterocycles. The highest BCUT2D eigenvalue weighted by atomic mass is 16.5. The molecule has 0 fully saturated rings. The van der Waals surface area contributed by atoms with Crippen LogP contribution in [0, 0.1) is 20.8 Å². The Morgan fingerprint density at radius 1 is 1.26 bits per heavy atom. The average Bonchev–Trinajstić information content (AvgIpc) is 3.15. The minimum Gasteiger partial charge on any atom is -0.469 e. The van der Waals surface area contributed by atoms with E-state index in [9.17, 15) is 9.59 Å². The molecule has 1 atom stereocenters. The predicted molar refractivity (Wildman–Crippen MR) is 97.3 cm³/mol. The van der Waals surface area contributed by atoms with Gasteiger partial charge in [-0.1, -0.05) is 5.16 Å². The van der Waals surface area contributed by atoms with Crippen LogP contribution in [-0.2, 0) is 9.53 Å². The summed E-state index contributed by atoms with van der Waals surface area (Å²) in [5.74, 6) is 0.704. The molecule has 8 nitrogen and oxygen atoms in total. The number of aromatic nitrogens is 2. The van der Waals surface area contributed by atoms with E-state index in [0.717, 1.165) is 11.3 Å². The molecule has 0 spiro atoms. The fraction of sp³-hybridized carbons (Fsp3) is 0.368. The van der Waals surface area contributed by atoms with E-state index in [1.54, 1.807) is 19.9 Å². The van der Waals surface area contributed by atoms with E-state index < -0.39 is 12.0 Å². The van der Waals surface area contributed by atoms with Gasteiger partial charge in [0.2, 0.25) is 0 Å². The maximum atomic E-state index is 12.9. The first-order valence-corrected chi connectivity index (χ1v) is 8.52. The van der Waals surface area contributed by atoms with Crippen molar-refractivity contribution in [2.75, 3.05) is 7.11 Å². The van der Waals surface area contributed by atoms with Gasteiger partial charge in [-0.15, -0.1) is 0 Å². The lowest BCUT2D eigenvalue weighted by atomic mass is 10.0. The van der Waals surface area contributed by atoms with Gasteiger partial charge in [0.05, 0.1) is 35.9 Å². The summed E-state index contributed by atoms with van der Waals surface area (Å²) in [6.07, 6.45) is 0.0754. The fourth-order valence-corrected chi connectivity index (χ4v) is 2.98. The van der Waals surface area contributed by atoms with Crippen molar-refractivity contribution in [2.24, 2.45) is 0 Å². The van der Waals surface area contributed by atoms with E-state index in [0.29, 0.717) is 28.1 Å². The molecule has 0 aliphatic rings. The molecular formula is C19H21N3O5. The standard InChI is InChI=1S/C19H21N3O5/c1-9(6-16(23)25-5)20-18(24)14-8-15(13-7-10(2)26-12(13)4)21-19-17(14)11(3)22-27-19/h7-9H,6H2,1-5H3,(H,20,24). The molecule has 0 aromatic carbocycles. The maximum absolute atomic E-state index is 12.9. The van der Waals surface area contributed by atoms with Crippen LogP contribution in [0.2, 0.25) is 0 Å². The number of hydrogen-bond acceptors (Lipinski definition) is 7. The molecule has 3 rings (SSSR count). The number of carbonyl (C=O) groups is 2. The van der Waals surface area contributed by atoms with E-state index in [-0.39, 0.29) is 18.0 Å². The zero-order chi connectivity index (χ0) is 19.7. The molecule has 8 heteroatoms. The molecule has 27 heavy (non-hydrogen) atoms. The molecule has 0 saturated carbocycles. The number of pyridine rings is 1. The monoisotopic (exact) mass is 371 g/mol. The first-order chi connectivity index (χ1) is 12.8. The topological polar surface area (TPSA) is 107 Å².